The van der Waals surface area contributed by atoms with Crippen molar-refractivity contribution < 1.29 is 23.8 Å². The average Bonchev–Trinajstić information content (AvgIpc) is 2.75. The third-order valence-corrected chi connectivity index (χ3v) is 5.91. The first-order chi connectivity index (χ1) is 15.2. The summed E-state index contributed by atoms with van der Waals surface area (Å²) in [5.74, 6) is -0.642. The van der Waals surface area contributed by atoms with Crippen LogP contribution in [0.3, 0.4) is 0 Å². The normalized spacial score (nSPS) is 19.1. The Balaban J connectivity index is 1.58. The van der Waals surface area contributed by atoms with Crippen LogP contribution in [0.2, 0.25) is 0 Å². The van der Waals surface area contributed by atoms with E-state index in [2.05, 4.69) is 11.8 Å². The van der Waals surface area contributed by atoms with Gasteiger partial charge in [-0.05, 0) is 56.5 Å². The van der Waals surface area contributed by atoms with Gasteiger partial charge in [0, 0.05) is 38.1 Å². The highest BCUT2D eigenvalue weighted by Gasteiger charge is 2.32. The number of hydrogen-bond donors (Lipinski definition) is 1. The van der Waals surface area contributed by atoms with E-state index in [1.165, 1.54) is 12.1 Å². The third-order valence-electron chi connectivity index (χ3n) is 5.91. The molecule has 2 atom stereocenters. The summed E-state index contributed by atoms with van der Waals surface area (Å²) in [6.45, 7) is 7.97. The summed E-state index contributed by atoms with van der Waals surface area (Å²) in [6.07, 6.45) is 0.369. The van der Waals surface area contributed by atoms with E-state index in [1.807, 2.05) is 30.9 Å². The highest BCUT2D eigenvalue weighted by Crippen LogP contribution is 2.23. The summed E-state index contributed by atoms with van der Waals surface area (Å²) in [7, 11) is 0. The zero-order valence-electron chi connectivity index (χ0n) is 18.9. The number of carbonyl (C=O) groups excluding carboxylic acids is 1. The quantitative estimate of drug-likeness (QED) is 0.676. The van der Waals surface area contributed by atoms with Gasteiger partial charge < -0.3 is 14.7 Å². The summed E-state index contributed by atoms with van der Waals surface area (Å²) in [4.78, 5) is 28.0. The van der Waals surface area contributed by atoms with Gasteiger partial charge in [0.2, 0.25) is 0 Å². The molecule has 7 heteroatoms. The van der Waals surface area contributed by atoms with Crippen molar-refractivity contribution in [2.45, 2.75) is 52.2 Å². The lowest BCUT2D eigenvalue weighted by Crippen LogP contribution is -2.58. The molecule has 6 nitrogen and oxygen atoms in total. The molecule has 1 saturated heterocycles. The predicted molar refractivity (Wildman–Crippen MR) is 120 cm³/mol. The second kappa shape index (κ2) is 10.6. The summed E-state index contributed by atoms with van der Waals surface area (Å²) in [6, 6.07) is 12.3. The summed E-state index contributed by atoms with van der Waals surface area (Å²) < 4.78 is 19.0. The Labute approximate surface area is 188 Å². The van der Waals surface area contributed by atoms with Gasteiger partial charge in [-0.1, -0.05) is 29.8 Å². The lowest BCUT2D eigenvalue weighted by atomic mass is 10.1. The highest BCUT2D eigenvalue weighted by atomic mass is 19.1. The molecular weight excluding hydrogens is 411 g/mol. The topological polar surface area (TPSA) is 70.1 Å². The van der Waals surface area contributed by atoms with Crippen LogP contribution in [0.15, 0.2) is 42.5 Å². The Morgan fingerprint density at radius 3 is 2.50 bits per heavy atom. The molecule has 1 aliphatic rings. The molecule has 1 amide bonds. The van der Waals surface area contributed by atoms with Crippen molar-refractivity contribution in [1.82, 2.24) is 9.80 Å². The van der Waals surface area contributed by atoms with Crippen molar-refractivity contribution in [2.24, 2.45) is 0 Å². The molecule has 0 unspecified atom stereocenters. The van der Waals surface area contributed by atoms with Crippen molar-refractivity contribution >= 4 is 11.9 Å². The number of aliphatic carboxylic acids is 1. The zero-order chi connectivity index (χ0) is 23.3. The van der Waals surface area contributed by atoms with Crippen LogP contribution in [0.5, 0.6) is 5.75 Å². The fourth-order valence-electron chi connectivity index (χ4n) is 4.10. The van der Waals surface area contributed by atoms with Crippen LogP contribution in [-0.4, -0.2) is 58.6 Å². The Morgan fingerprint density at radius 1 is 1.09 bits per heavy atom. The van der Waals surface area contributed by atoms with Crippen molar-refractivity contribution in [3.63, 3.8) is 0 Å². The molecule has 0 bridgehead atoms. The summed E-state index contributed by atoms with van der Waals surface area (Å²) in [5, 5.41) is 8.98. The molecule has 1 heterocycles. The van der Waals surface area contributed by atoms with Gasteiger partial charge in [0.15, 0.2) is 6.61 Å². The molecule has 1 fully saturated rings. The van der Waals surface area contributed by atoms with Gasteiger partial charge in [-0.3, -0.25) is 14.5 Å². The van der Waals surface area contributed by atoms with Gasteiger partial charge in [0.05, 0.1) is 0 Å². The molecule has 0 spiro atoms. The molecule has 0 saturated carbocycles. The second-order valence-electron chi connectivity index (χ2n) is 8.59. The number of nitrogens with zero attached hydrogens (tertiary/aromatic N) is 2. The maximum Gasteiger partial charge on any atom is 0.303 e. The molecule has 0 aromatic heterocycles. The van der Waals surface area contributed by atoms with Gasteiger partial charge in [-0.2, -0.15) is 0 Å². The molecule has 0 radical (unpaired) electrons. The molecular formula is C25H31FN2O4. The number of aryl methyl sites for hydroxylation is 2. The van der Waals surface area contributed by atoms with E-state index < -0.39 is 5.97 Å². The number of ether oxygens (including phenoxy) is 1. The van der Waals surface area contributed by atoms with E-state index >= 15 is 0 Å². The average molecular weight is 443 g/mol. The van der Waals surface area contributed by atoms with Crippen LogP contribution in [0.1, 0.15) is 37.0 Å². The fourth-order valence-corrected chi connectivity index (χ4v) is 4.10. The largest absolute Gasteiger partial charge is 0.483 e. The van der Waals surface area contributed by atoms with E-state index in [9.17, 15) is 14.0 Å². The maximum absolute atomic E-state index is 13.2. The zero-order valence-corrected chi connectivity index (χ0v) is 18.9. The van der Waals surface area contributed by atoms with Gasteiger partial charge in [-0.25, -0.2) is 4.39 Å². The molecule has 32 heavy (non-hydrogen) atoms. The maximum atomic E-state index is 13.2. The number of hydrogen-bond acceptors (Lipinski definition) is 4. The minimum atomic E-state index is -0.866. The fraction of sp³-hybridized carbons (Fsp3) is 0.440. The predicted octanol–water partition coefficient (Wildman–Crippen LogP) is 3.65. The van der Waals surface area contributed by atoms with Gasteiger partial charge in [-0.15, -0.1) is 0 Å². The van der Waals surface area contributed by atoms with Crippen molar-refractivity contribution in [2.75, 3.05) is 19.7 Å². The summed E-state index contributed by atoms with van der Waals surface area (Å²) in [5.41, 5.74) is 2.86. The molecule has 1 aliphatic heterocycles. The third kappa shape index (κ3) is 6.29. The van der Waals surface area contributed by atoms with E-state index in [0.29, 0.717) is 25.3 Å². The number of carbonyl (C=O) groups is 2. The molecule has 172 valence electrons. The van der Waals surface area contributed by atoms with Crippen LogP contribution in [-0.2, 0) is 22.6 Å². The smallest absolute Gasteiger partial charge is 0.303 e. The van der Waals surface area contributed by atoms with Crippen LogP contribution < -0.4 is 4.74 Å². The number of amides is 1. The van der Waals surface area contributed by atoms with E-state index in [0.717, 1.165) is 23.2 Å². The molecule has 2 aromatic carbocycles. The lowest BCUT2D eigenvalue weighted by Gasteiger charge is -2.44. The van der Waals surface area contributed by atoms with E-state index in [4.69, 9.17) is 9.84 Å². The van der Waals surface area contributed by atoms with E-state index in [-0.39, 0.29) is 36.8 Å². The van der Waals surface area contributed by atoms with Gasteiger partial charge in [0.25, 0.3) is 5.91 Å². The molecule has 3 rings (SSSR count). The number of rotatable bonds is 8. The Kier molecular flexibility index (Phi) is 7.85. The number of piperazine rings is 1. The molecule has 0 aliphatic carbocycles. The SMILES string of the molecule is Cc1ccc(OCC(=O)N2C[C@H](C)N(Cc3ccc(F)cc3)C[C@H]2C)c(CCC(=O)O)c1. The van der Waals surface area contributed by atoms with Crippen LogP contribution in [0, 0.1) is 12.7 Å². The van der Waals surface area contributed by atoms with Crippen LogP contribution >= 0.6 is 0 Å². The van der Waals surface area contributed by atoms with Crippen LogP contribution in [0.25, 0.3) is 0 Å². The summed E-state index contributed by atoms with van der Waals surface area (Å²) >= 11 is 0. The first kappa shape index (κ1) is 23.7. The second-order valence-corrected chi connectivity index (χ2v) is 8.59. The van der Waals surface area contributed by atoms with Crippen LogP contribution in [0.4, 0.5) is 4.39 Å². The highest BCUT2D eigenvalue weighted by molar-refractivity contribution is 5.78. The number of carboxylic acid groups (broad SMARTS) is 1. The van der Waals surface area contributed by atoms with E-state index in [1.54, 1.807) is 18.2 Å². The minimum Gasteiger partial charge on any atom is -0.483 e. The Morgan fingerprint density at radius 2 is 1.81 bits per heavy atom. The van der Waals surface area contributed by atoms with Gasteiger partial charge >= 0.3 is 5.97 Å². The number of benzene rings is 2. The molecule has 1 N–H and O–H groups in total. The molecule has 2 aromatic rings. The number of carboxylic acids is 1. The Bertz CT molecular complexity index is 947. The monoisotopic (exact) mass is 442 g/mol. The first-order valence-electron chi connectivity index (χ1n) is 10.9. The number of halogens is 1. The van der Waals surface area contributed by atoms with Crippen molar-refractivity contribution in [3.05, 3.63) is 65.0 Å². The first-order valence-corrected chi connectivity index (χ1v) is 10.9. The van der Waals surface area contributed by atoms with Gasteiger partial charge in [0.1, 0.15) is 11.6 Å². The van der Waals surface area contributed by atoms with Crippen molar-refractivity contribution in [3.8, 4) is 5.75 Å². The minimum absolute atomic E-state index is 0.0122. The van der Waals surface area contributed by atoms with Crippen molar-refractivity contribution in [1.29, 1.82) is 0 Å². The Hall–Kier alpha value is -2.93. The standard InChI is InChI=1S/C25H31FN2O4/c1-17-4-10-23(21(12-17)7-11-25(30)31)32-16-24(29)28-14-18(2)27(13-19(28)3)15-20-5-8-22(26)9-6-20/h4-6,8-10,12,18-19H,7,11,13-16H2,1-3H3,(H,30,31)/t18-,19+/m0/s1. The lowest BCUT2D eigenvalue weighted by molar-refractivity contribution is -0.139.